The number of nitrogens with two attached hydrogens (primary N) is 1. The molecule has 0 aliphatic rings. The second kappa shape index (κ2) is 3.73. The van der Waals surface area contributed by atoms with E-state index in [1.165, 1.54) is 6.92 Å². The van der Waals surface area contributed by atoms with Crippen molar-refractivity contribution in [2.75, 3.05) is 0 Å². The maximum absolute atomic E-state index is 12.4. The van der Waals surface area contributed by atoms with Gasteiger partial charge in [0.25, 0.3) is 0 Å². The molecule has 2 N–H and O–H groups in total. The lowest BCUT2D eigenvalue weighted by molar-refractivity contribution is -0.137. The average molecular weight is 238 g/mol. The minimum absolute atomic E-state index is 0.00648. The summed E-state index contributed by atoms with van der Waals surface area (Å²) in [5.74, 6) is -0.803. The number of hydrogen-bond donors (Lipinski definition) is 1. The van der Waals surface area contributed by atoms with Crippen molar-refractivity contribution in [2.45, 2.75) is 13.1 Å². The largest absolute Gasteiger partial charge is 0.417 e. The van der Waals surface area contributed by atoms with Crippen LogP contribution in [0.15, 0.2) is 12.1 Å². The van der Waals surface area contributed by atoms with Crippen molar-refractivity contribution in [3.8, 4) is 0 Å². The van der Waals surface area contributed by atoms with Gasteiger partial charge in [-0.2, -0.15) is 13.2 Å². The van der Waals surface area contributed by atoms with E-state index in [4.69, 9.17) is 17.3 Å². The molecular weight excluding hydrogens is 231 g/mol. The van der Waals surface area contributed by atoms with Crippen LogP contribution in [0.2, 0.25) is 5.02 Å². The molecule has 0 spiro atoms. The van der Waals surface area contributed by atoms with Gasteiger partial charge in [-0.3, -0.25) is 4.79 Å². The van der Waals surface area contributed by atoms with Crippen molar-refractivity contribution in [3.05, 3.63) is 33.8 Å². The summed E-state index contributed by atoms with van der Waals surface area (Å²) in [7, 11) is 0. The smallest absolute Gasteiger partial charge is 0.366 e. The maximum Gasteiger partial charge on any atom is 0.417 e. The number of carbonyl (C=O) groups excluding carboxylic acids is 1. The van der Waals surface area contributed by atoms with Crippen LogP contribution < -0.4 is 5.73 Å². The van der Waals surface area contributed by atoms with E-state index < -0.39 is 22.7 Å². The highest BCUT2D eigenvalue weighted by Crippen LogP contribution is 2.36. The minimum Gasteiger partial charge on any atom is -0.366 e. The highest BCUT2D eigenvalue weighted by atomic mass is 35.5. The van der Waals surface area contributed by atoms with Crippen molar-refractivity contribution in [3.63, 3.8) is 0 Å². The van der Waals surface area contributed by atoms with Crippen molar-refractivity contribution in [1.29, 1.82) is 0 Å². The molecule has 0 aromatic heterocycles. The standard InChI is InChI=1S/C9H7ClF3NO/c1-4-2-6(9(11,12)13)7(10)3-5(4)8(14)15/h2-3H,1H3,(H2,14,15). The summed E-state index contributed by atoms with van der Waals surface area (Å²) in [5, 5.41) is -0.526. The number of aryl methyl sites for hydroxylation is 1. The Hall–Kier alpha value is -1.23. The Morgan fingerprint density at radius 1 is 1.40 bits per heavy atom. The maximum atomic E-state index is 12.4. The molecule has 0 bridgehead atoms. The van der Waals surface area contributed by atoms with Gasteiger partial charge in [0.15, 0.2) is 0 Å². The van der Waals surface area contributed by atoms with Crippen LogP contribution >= 0.6 is 11.6 Å². The summed E-state index contributed by atoms with van der Waals surface area (Å²) in [4.78, 5) is 10.8. The molecule has 0 atom stereocenters. The highest BCUT2D eigenvalue weighted by Gasteiger charge is 2.33. The number of carbonyl (C=O) groups is 1. The van der Waals surface area contributed by atoms with Crippen LogP contribution in [-0.2, 0) is 6.18 Å². The predicted octanol–water partition coefficient (Wildman–Crippen LogP) is 2.77. The third-order valence-electron chi connectivity index (χ3n) is 1.88. The van der Waals surface area contributed by atoms with Crippen molar-refractivity contribution >= 4 is 17.5 Å². The van der Waals surface area contributed by atoms with Crippen molar-refractivity contribution in [2.24, 2.45) is 5.73 Å². The first-order valence-electron chi connectivity index (χ1n) is 3.90. The molecule has 2 nitrogen and oxygen atoms in total. The molecule has 0 heterocycles. The number of alkyl halides is 3. The SMILES string of the molecule is Cc1cc(C(F)(F)F)c(Cl)cc1C(N)=O. The van der Waals surface area contributed by atoms with E-state index in [1.807, 2.05) is 0 Å². The number of rotatable bonds is 1. The molecule has 15 heavy (non-hydrogen) atoms. The molecular formula is C9H7ClF3NO. The number of hydrogen-bond acceptors (Lipinski definition) is 1. The van der Waals surface area contributed by atoms with Gasteiger partial charge in [0.2, 0.25) is 5.91 Å². The monoisotopic (exact) mass is 237 g/mol. The van der Waals surface area contributed by atoms with E-state index in [9.17, 15) is 18.0 Å². The quantitative estimate of drug-likeness (QED) is 0.802. The normalized spacial score (nSPS) is 11.5. The van der Waals surface area contributed by atoms with E-state index in [1.54, 1.807) is 0 Å². The Bertz CT molecular complexity index is 415. The second-order valence-corrected chi connectivity index (χ2v) is 3.42. The number of amides is 1. The van der Waals surface area contributed by atoms with Crippen LogP contribution in [-0.4, -0.2) is 5.91 Å². The molecule has 0 saturated carbocycles. The first kappa shape index (κ1) is 11.8. The number of primary amides is 1. The highest BCUT2D eigenvalue weighted by molar-refractivity contribution is 6.31. The van der Waals surface area contributed by atoms with Gasteiger partial charge in [-0.05, 0) is 24.6 Å². The lowest BCUT2D eigenvalue weighted by atomic mass is 10.0. The molecule has 1 amide bonds. The number of benzene rings is 1. The summed E-state index contributed by atoms with van der Waals surface area (Å²) in [5.41, 5.74) is 4.14. The van der Waals surface area contributed by atoms with Gasteiger partial charge >= 0.3 is 6.18 Å². The molecule has 82 valence electrons. The summed E-state index contributed by atoms with van der Waals surface area (Å²) >= 11 is 5.40. The number of halogens is 4. The summed E-state index contributed by atoms with van der Waals surface area (Å²) in [6.07, 6.45) is -4.53. The molecule has 0 fully saturated rings. The van der Waals surface area contributed by atoms with Gasteiger partial charge in [-0.15, -0.1) is 0 Å². The van der Waals surface area contributed by atoms with Gasteiger partial charge in [-0.25, -0.2) is 0 Å². The second-order valence-electron chi connectivity index (χ2n) is 3.01. The Morgan fingerprint density at radius 3 is 2.33 bits per heavy atom. The predicted molar refractivity (Wildman–Crippen MR) is 49.7 cm³/mol. The van der Waals surface area contributed by atoms with Crippen LogP contribution in [0.3, 0.4) is 0 Å². The molecule has 0 aliphatic heterocycles. The summed E-state index contributed by atoms with van der Waals surface area (Å²) in [6.45, 7) is 1.37. The van der Waals surface area contributed by atoms with E-state index >= 15 is 0 Å². The summed E-state index contributed by atoms with van der Waals surface area (Å²) in [6, 6.07) is 1.74. The third kappa shape index (κ3) is 2.41. The van der Waals surface area contributed by atoms with Crippen molar-refractivity contribution < 1.29 is 18.0 Å². The molecule has 0 saturated heterocycles. The molecule has 1 rings (SSSR count). The van der Waals surface area contributed by atoms with Crippen LogP contribution in [0.1, 0.15) is 21.5 Å². The van der Waals surface area contributed by atoms with Crippen molar-refractivity contribution in [1.82, 2.24) is 0 Å². The first-order valence-corrected chi connectivity index (χ1v) is 4.28. The van der Waals surface area contributed by atoms with E-state index in [0.29, 0.717) is 0 Å². The molecule has 1 aromatic carbocycles. The summed E-state index contributed by atoms with van der Waals surface area (Å²) < 4.78 is 37.1. The molecule has 0 unspecified atom stereocenters. The van der Waals surface area contributed by atoms with E-state index in [2.05, 4.69) is 0 Å². The molecule has 6 heteroatoms. The van der Waals surface area contributed by atoms with Gasteiger partial charge < -0.3 is 5.73 Å². The molecule has 0 radical (unpaired) electrons. The van der Waals surface area contributed by atoms with Gasteiger partial charge in [-0.1, -0.05) is 11.6 Å². The Kier molecular flexibility index (Phi) is 2.95. The topological polar surface area (TPSA) is 43.1 Å². The Balaban J connectivity index is 3.39. The first-order chi connectivity index (χ1) is 6.73. The van der Waals surface area contributed by atoms with Gasteiger partial charge in [0, 0.05) is 5.56 Å². The lowest BCUT2D eigenvalue weighted by Gasteiger charge is -2.11. The van der Waals surface area contributed by atoms with E-state index in [-0.39, 0.29) is 11.1 Å². The van der Waals surface area contributed by atoms with Crippen LogP contribution in [0.5, 0.6) is 0 Å². The fourth-order valence-electron chi connectivity index (χ4n) is 1.16. The Labute approximate surface area is 88.8 Å². The van der Waals surface area contributed by atoms with Crippen LogP contribution in [0, 0.1) is 6.92 Å². The zero-order chi connectivity index (χ0) is 11.8. The fraction of sp³-hybridized carbons (Fsp3) is 0.222. The average Bonchev–Trinajstić information content (AvgIpc) is 2.06. The molecule has 1 aromatic rings. The van der Waals surface area contributed by atoms with Gasteiger partial charge in [0.1, 0.15) is 0 Å². The van der Waals surface area contributed by atoms with Gasteiger partial charge in [0.05, 0.1) is 10.6 Å². The Morgan fingerprint density at radius 2 is 1.93 bits per heavy atom. The van der Waals surface area contributed by atoms with Crippen LogP contribution in [0.4, 0.5) is 13.2 Å². The minimum atomic E-state index is -4.53. The third-order valence-corrected chi connectivity index (χ3v) is 2.20. The van der Waals surface area contributed by atoms with E-state index in [0.717, 1.165) is 12.1 Å². The van der Waals surface area contributed by atoms with Crippen LogP contribution in [0.25, 0.3) is 0 Å². The molecule has 0 aliphatic carbocycles. The zero-order valence-electron chi connectivity index (χ0n) is 7.65. The fourth-order valence-corrected chi connectivity index (χ4v) is 1.44. The zero-order valence-corrected chi connectivity index (χ0v) is 8.41. The lowest BCUT2D eigenvalue weighted by Crippen LogP contribution is -2.15.